The van der Waals surface area contributed by atoms with Crippen LogP contribution in [0.2, 0.25) is 5.02 Å². The van der Waals surface area contributed by atoms with Gasteiger partial charge in [-0.1, -0.05) is 23.7 Å². The lowest BCUT2D eigenvalue weighted by Crippen LogP contribution is -2.31. The standard InChI is InChI=1S/C24H26ClNO6/c1-13-10-14(2)23(32-4)16(11-13)21(28)19-20(15-6-7-18(27)17(25)12-15)26(8-5-9-31-3)24(30)22(19)29/h6-7,10-12,20,27-28H,5,8-9H2,1-4H3/b21-19+. The Kier molecular flexibility index (Phi) is 7.11. The summed E-state index contributed by atoms with van der Waals surface area (Å²) < 4.78 is 10.6. The number of hydrogen-bond acceptors (Lipinski definition) is 6. The van der Waals surface area contributed by atoms with E-state index in [4.69, 9.17) is 21.1 Å². The first kappa shape index (κ1) is 23.6. The predicted octanol–water partition coefficient (Wildman–Crippen LogP) is 4.13. The van der Waals surface area contributed by atoms with Crippen LogP contribution in [0.25, 0.3) is 5.76 Å². The summed E-state index contributed by atoms with van der Waals surface area (Å²) in [7, 11) is 3.03. The number of aryl methyl sites for hydroxylation is 2. The summed E-state index contributed by atoms with van der Waals surface area (Å²) >= 11 is 6.12. The largest absolute Gasteiger partial charge is 0.507 e. The molecule has 0 radical (unpaired) electrons. The highest BCUT2D eigenvalue weighted by atomic mass is 35.5. The van der Waals surface area contributed by atoms with Crippen molar-refractivity contribution in [2.24, 2.45) is 0 Å². The van der Waals surface area contributed by atoms with Crippen molar-refractivity contribution in [3.8, 4) is 11.5 Å². The summed E-state index contributed by atoms with van der Waals surface area (Å²) in [6.07, 6.45) is 0.499. The molecular weight excluding hydrogens is 434 g/mol. The number of carbonyl (C=O) groups is 2. The number of amides is 1. The number of aliphatic hydroxyl groups is 1. The smallest absolute Gasteiger partial charge is 0.295 e. The van der Waals surface area contributed by atoms with Crippen molar-refractivity contribution in [2.75, 3.05) is 27.4 Å². The molecule has 170 valence electrons. The summed E-state index contributed by atoms with van der Waals surface area (Å²) in [6.45, 7) is 4.34. The molecule has 1 amide bonds. The van der Waals surface area contributed by atoms with Gasteiger partial charge in [0, 0.05) is 20.3 Å². The van der Waals surface area contributed by atoms with E-state index in [1.54, 1.807) is 19.2 Å². The van der Waals surface area contributed by atoms with Crippen molar-refractivity contribution in [2.45, 2.75) is 26.3 Å². The molecule has 2 aromatic rings. The molecule has 0 aliphatic carbocycles. The van der Waals surface area contributed by atoms with Crippen LogP contribution in [0.1, 0.15) is 34.7 Å². The molecule has 1 aliphatic rings. The number of phenols is 1. The Hall–Kier alpha value is -3.03. The number of rotatable bonds is 7. The van der Waals surface area contributed by atoms with E-state index in [0.717, 1.165) is 11.1 Å². The zero-order chi connectivity index (χ0) is 23.6. The number of nitrogens with zero attached hydrogens (tertiary/aromatic N) is 1. The fraction of sp³-hybridized carbons (Fsp3) is 0.333. The zero-order valence-electron chi connectivity index (χ0n) is 18.4. The first-order valence-corrected chi connectivity index (χ1v) is 10.5. The van der Waals surface area contributed by atoms with Crippen molar-refractivity contribution in [3.63, 3.8) is 0 Å². The quantitative estimate of drug-likeness (QED) is 0.280. The van der Waals surface area contributed by atoms with Crippen LogP contribution >= 0.6 is 11.6 Å². The molecule has 0 aromatic heterocycles. The number of likely N-dealkylation sites (tertiary alicyclic amines) is 1. The second-order valence-electron chi connectivity index (χ2n) is 7.71. The minimum absolute atomic E-state index is 0.0579. The van der Waals surface area contributed by atoms with Gasteiger partial charge < -0.3 is 24.6 Å². The maximum absolute atomic E-state index is 13.1. The minimum atomic E-state index is -0.879. The Morgan fingerprint density at radius 2 is 1.88 bits per heavy atom. The Morgan fingerprint density at radius 1 is 1.16 bits per heavy atom. The number of halogens is 1. The number of methoxy groups -OCH3 is 2. The van der Waals surface area contributed by atoms with Gasteiger partial charge in [0.15, 0.2) is 0 Å². The number of aliphatic hydroxyl groups excluding tert-OH is 1. The number of ether oxygens (including phenoxy) is 2. The summed E-state index contributed by atoms with van der Waals surface area (Å²) in [5.41, 5.74) is 2.41. The molecule has 0 spiro atoms. The third-order valence-electron chi connectivity index (χ3n) is 5.45. The van der Waals surface area contributed by atoms with E-state index in [1.165, 1.54) is 24.1 Å². The van der Waals surface area contributed by atoms with Crippen molar-refractivity contribution in [1.29, 1.82) is 0 Å². The second-order valence-corrected chi connectivity index (χ2v) is 8.12. The van der Waals surface area contributed by atoms with Gasteiger partial charge in [0.05, 0.1) is 29.3 Å². The first-order chi connectivity index (χ1) is 15.2. The molecule has 1 atom stereocenters. The van der Waals surface area contributed by atoms with E-state index >= 15 is 0 Å². The van der Waals surface area contributed by atoms with Gasteiger partial charge in [-0.3, -0.25) is 9.59 Å². The van der Waals surface area contributed by atoms with Crippen LogP contribution in [-0.2, 0) is 14.3 Å². The lowest BCUT2D eigenvalue weighted by Gasteiger charge is -2.25. The van der Waals surface area contributed by atoms with Crippen molar-refractivity contribution in [1.82, 2.24) is 4.90 Å². The van der Waals surface area contributed by atoms with Crippen LogP contribution in [-0.4, -0.2) is 54.2 Å². The molecule has 0 bridgehead atoms. The van der Waals surface area contributed by atoms with Crippen molar-refractivity contribution in [3.05, 3.63) is 63.2 Å². The number of Topliss-reactive ketones (excluding diaryl/α,β-unsaturated/α-hetero) is 1. The number of carbonyl (C=O) groups excluding carboxylic acids is 2. The van der Waals surface area contributed by atoms with Gasteiger partial charge in [-0.25, -0.2) is 0 Å². The molecule has 1 unspecified atom stereocenters. The maximum atomic E-state index is 13.1. The van der Waals surface area contributed by atoms with Crippen LogP contribution in [0, 0.1) is 13.8 Å². The topological polar surface area (TPSA) is 96.3 Å². The van der Waals surface area contributed by atoms with Crippen LogP contribution in [0.15, 0.2) is 35.9 Å². The lowest BCUT2D eigenvalue weighted by atomic mass is 9.93. The van der Waals surface area contributed by atoms with Crippen molar-refractivity contribution < 1.29 is 29.3 Å². The van der Waals surface area contributed by atoms with Crippen LogP contribution in [0.5, 0.6) is 11.5 Å². The Balaban J connectivity index is 2.24. The molecule has 2 aromatic carbocycles. The highest BCUT2D eigenvalue weighted by Crippen LogP contribution is 2.43. The van der Waals surface area contributed by atoms with Crippen LogP contribution in [0.3, 0.4) is 0 Å². The SMILES string of the molecule is COCCCN1C(=O)C(=O)/C(=C(/O)c2cc(C)cc(C)c2OC)C1c1ccc(O)c(Cl)c1. The van der Waals surface area contributed by atoms with Gasteiger partial charge in [0.25, 0.3) is 11.7 Å². The third kappa shape index (κ3) is 4.31. The number of hydrogen-bond donors (Lipinski definition) is 2. The molecular formula is C24H26ClNO6. The minimum Gasteiger partial charge on any atom is -0.507 e. The van der Waals surface area contributed by atoms with Crippen molar-refractivity contribution >= 4 is 29.1 Å². The molecule has 2 N–H and O–H groups in total. The predicted molar refractivity (Wildman–Crippen MR) is 121 cm³/mol. The number of aromatic hydroxyl groups is 1. The molecule has 0 saturated carbocycles. The lowest BCUT2D eigenvalue weighted by molar-refractivity contribution is -0.140. The van der Waals surface area contributed by atoms with Gasteiger partial charge >= 0.3 is 0 Å². The van der Waals surface area contributed by atoms with E-state index in [2.05, 4.69) is 0 Å². The van der Waals surface area contributed by atoms with E-state index in [1.807, 2.05) is 19.9 Å². The molecule has 1 aliphatic heterocycles. The average molecular weight is 460 g/mol. The molecule has 1 saturated heterocycles. The Labute approximate surface area is 191 Å². The fourth-order valence-corrected chi connectivity index (χ4v) is 4.26. The van der Waals surface area contributed by atoms with E-state index in [9.17, 15) is 19.8 Å². The fourth-order valence-electron chi connectivity index (χ4n) is 4.08. The summed E-state index contributed by atoms with van der Waals surface area (Å²) in [5, 5.41) is 21.2. The molecule has 7 nitrogen and oxygen atoms in total. The zero-order valence-corrected chi connectivity index (χ0v) is 19.2. The first-order valence-electron chi connectivity index (χ1n) is 10.1. The molecule has 3 rings (SSSR count). The van der Waals surface area contributed by atoms with E-state index in [0.29, 0.717) is 29.9 Å². The van der Waals surface area contributed by atoms with Gasteiger partial charge in [-0.2, -0.15) is 0 Å². The monoisotopic (exact) mass is 459 g/mol. The second kappa shape index (κ2) is 9.63. The van der Waals surface area contributed by atoms with Gasteiger partial charge in [0.1, 0.15) is 17.3 Å². The van der Waals surface area contributed by atoms with Gasteiger partial charge in [-0.05, 0) is 55.2 Å². The average Bonchev–Trinajstić information content (AvgIpc) is 3.00. The van der Waals surface area contributed by atoms with Crippen LogP contribution < -0.4 is 4.74 Å². The van der Waals surface area contributed by atoms with Gasteiger partial charge in [0.2, 0.25) is 0 Å². The normalized spacial score (nSPS) is 17.8. The number of phenolic OH excluding ortho intramolecular Hbond substituents is 1. The molecule has 32 heavy (non-hydrogen) atoms. The number of benzene rings is 2. The molecule has 1 fully saturated rings. The maximum Gasteiger partial charge on any atom is 0.295 e. The van der Waals surface area contributed by atoms with Gasteiger partial charge in [-0.15, -0.1) is 0 Å². The van der Waals surface area contributed by atoms with E-state index in [-0.39, 0.29) is 28.6 Å². The molecule has 8 heteroatoms. The summed E-state index contributed by atoms with van der Waals surface area (Å²) in [6, 6.07) is 7.19. The Bertz CT molecular complexity index is 1090. The Morgan fingerprint density at radius 3 is 2.50 bits per heavy atom. The highest BCUT2D eigenvalue weighted by Gasteiger charge is 2.46. The number of ketones is 1. The summed E-state index contributed by atoms with van der Waals surface area (Å²) in [4.78, 5) is 27.4. The highest BCUT2D eigenvalue weighted by molar-refractivity contribution is 6.46. The summed E-state index contributed by atoms with van der Waals surface area (Å²) in [5.74, 6) is -1.55. The third-order valence-corrected chi connectivity index (χ3v) is 5.76. The van der Waals surface area contributed by atoms with E-state index < -0.39 is 17.7 Å². The van der Waals surface area contributed by atoms with Crippen LogP contribution in [0.4, 0.5) is 0 Å². The molecule has 1 heterocycles.